The van der Waals surface area contributed by atoms with Gasteiger partial charge in [0.2, 0.25) is 0 Å². The summed E-state index contributed by atoms with van der Waals surface area (Å²) in [5, 5.41) is 0. The molecule has 0 aliphatic carbocycles. The summed E-state index contributed by atoms with van der Waals surface area (Å²) in [6.45, 7) is 6.69. The molecule has 2 fully saturated rings. The zero-order chi connectivity index (χ0) is 29.1. The van der Waals surface area contributed by atoms with Crippen LogP contribution in [-0.4, -0.2) is 36.9 Å². The minimum Gasteiger partial charge on any atom is -0.378 e. The van der Waals surface area contributed by atoms with Crippen molar-refractivity contribution in [1.29, 1.82) is 0 Å². The van der Waals surface area contributed by atoms with Gasteiger partial charge in [-0.15, -0.1) is 0 Å². The fourth-order valence-corrected chi connectivity index (χ4v) is 8.38. The first-order chi connectivity index (χ1) is 20.3. The molecule has 2 nitrogen and oxygen atoms in total. The highest BCUT2D eigenvalue weighted by molar-refractivity contribution is 7.99. The fourth-order valence-electron chi connectivity index (χ4n) is 7.36. The van der Waals surface area contributed by atoms with Crippen LogP contribution in [0.1, 0.15) is 194 Å². The average Bonchev–Trinajstić information content (AvgIpc) is 3.72. The van der Waals surface area contributed by atoms with E-state index >= 15 is 0 Å². The highest BCUT2D eigenvalue weighted by Gasteiger charge is 2.25. The summed E-state index contributed by atoms with van der Waals surface area (Å²) in [6, 6.07) is 0. The van der Waals surface area contributed by atoms with Crippen molar-refractivity contribution in [1.82, 2.24) is 0 Å². The largest absolute Gasteiger partial charge is 0.378 e. The topological polar surface area (TPSA) is 18.5 Å². The van der Waals surface area contributed by atoms with E-state index in [0.717, 1.165) is 25.0 Å². The third-order valence-electron chi connectivity index (χ3n) is 10.1. The molecule has 2 heterocycles. The highest BCUT2D eigenvalue weighted by Crippen LogP contribution is 2.30. The molecule has 0 bridgehead atoms. The quantitative estimate of drug-likeness (QED) is 0.0771. The summed E-state index contributed by atoms with van der Waals surface area (Å²) in [7, 11) is 0. The molecule has 244 valence electrons. The Morgan fingerprint density at radius 3 is 1.15 bits per heavy atom. The predicted octanol–water partition coefficient (Wildman–Crippen LogP) is 12.7. The number of ether oxygens (including phenoxy) is 2. The number of hydrogen-bond donors (Lipinski definition) is 0. The maximum Gasteiger partial charge on any atom is 0.0604 e. The lowest BCUT2D eigenvalue weighted by Gasteiger charge is -2.22. The van der Waals surface area contributed by atoms with E-state index in [-0.39, 0.29) is 0 Å². The zero-order valence-electron chi connectivity index (χ0n) is 28.2. The van der Waals surface area contributed by atoms with Gasteiger partial charge in [-0.2, -0.15) is 11.8 Å². The molecular weight excluding hydrogens is 520 g/mol. The van der Waals surface area contributed by atoms with Crippen molar-refractivity contribution in [2.45, 2.75) is 206 Å². The van der Waals surface area contributed by atoms with Gasteiger partial charge in [-0.25, -0.2) is 0 Å². The molecule has 0 aromatic carbocycles. The Labute approximate surface area is 263 Å². The van der Waals surface area contributed by atoms with E-state index in [4.69, 9.17) is 9.47 Å². The van der Waals surface area contributed by atoms with Gasteiger partial charge in [-0.05, 0) is 87.5 Å². The Morgan fingerprint density at radius 2 is 0.805 bits per heavy atom. The Morgan fingerprint density at radius 1 is 0.463 bits per heavy atom. The summed E-state index contributed by atoms with van der Waals surface area (Å²) < 4.78 is 12.1. The van der Waals surface area contributed by atoms with Crippen LogP contribution in [0.15, 0.2) is 0 Å². The number of unbranched alkanes of at least 4 members (excludes halogenated alkanes) is 16. The molecule has 0 saturated carbocycles. The Kier molecular flexibility index (Phi) is 25.4. The molecule has 0 radical (unpaired) electrons. The normalized spacial score (nSPS) is 20.6. The van der Waals surface area contributed by atoms with Crippen molar-refractivity contribution >= 4 is 11.8 Å². The van der Waals surface area contributed by atoms with E-state index in [9.17, 15) is 0 Å². The lowest BCUT2D eigenvalue weighted by molar-refractivity contribution is 0.0539. The summed E-state index contributed by atoms with van der Waals surface area (Å²) in [5.74, 6) is 4.49. The van der Waals surface area contributed by atoms with Gasteiger partial charge in [-0.1, -0.05) is 129 Å². The van der Waals surface area contributed by atoms with Crippen molar-refractivity contribution in [2.75, 3.05) is 24.7 Å². The molecule has 0 N–H and O–H groups in total. The molecule has 0 aromatic rings. The van der Waals surface area contributed by atoms with Crippen molar-refractivity contribution < 1.29 is 9.47 Å². The van der Waals surface area contributed by atoms with Crippen LogP contribution in [0.2, 0.25) is 0 Å². The summed E-state index contributed by atoms with van der Waals surface area (Å²) >= 11 is 2.22. The molecule has 2 aliphatic heterocycles. The van der Waals surface area contributed by atoms with Crippen LogP contribution in [0.5, 0.6) is 0 Å². The average molecular weight is 595 g/mol. The summed E-state index contributed by atoms with van der Waals surface area (Å²) in [5.41, 5.74) is 0. The molecule has 4 atom stereocenters. The minimum absolute atomic E-state index is 0.593. The monoisotopic (exact) mass is 595 g/mol. The number of rotatable bonds is 30. The van der Waals surface area contributed by atoms with Gasteiger partial charge in [0, 0.05) is 13.2 Å². The Hall–Kier alpha value is 0.270. The van der Waals surface area contributed by atoms with Gasteiger partial charge in [-0.3, -0.25) is 0 Å². The fraction of sp³-hybridized carbons (Fsp3) is 1.00. The standard InChI is InChI=1S/C38H74O2S/c1-3-5-25-35(37-29-23-31-39-37)27-19-15-11-7-9-13-17-21-33-41-34-22-18-14-10-8-12-16-20-28-36(26-6-4-2)38-30-24-32-40-38/h35-38H,3-34H2,1-2H3. The number of hydrogen-bond acceptors (Lipinski definition) is 3. The maximum atomic E-state index is 6.03. The third kappa shape index (κ3) is 20.0. The van der Waals surface area contributed by atoms with E-state index in [2.05, 4.69) is 25.6 Å². The van der Waals surface area contributed by atoms with E-state index in [0.29, 0.717) is 12.2 Å². The van der Waals surface area contributed by atoms with Gasteiger partial charge < -0.3 is 9.47 Å². The highest BCUT2D eigenvalue weighted by atomic mass is 32.2. The first-order valence-electron chi connectivity index (χ1n) is 19.2. The summed E-state index contributed by atoms with van der Waals surface area (Å²) in [4.78, 5) is 0. The van der Waals surface area contributed by atoms with Crippen molar-refractivity contribution in [3.63, 3.8) is 0 Å². The first kappa shape index (κ1) is 37.5. The van der Waals surface area contributed by atoms with Crippen LogP contribution in [0.3, 0.4) is 0 Å². The molecule has 0 amide bonds. The molecular formula is C38H74O2S. The molecule has 3 heteroatoms. The van der Waals surface area contributed by atoms with Gasteiger partial charge in [0.25, 0.3) is 0 Å². The van der Waals surface area contributed by atoms with E-state index in [1.807, 2.05) is 0 Å². The number of thioether (sulfide) groups is 1. The van der Waals surface area contributed by atoms with Gasteiger partial charge in [0.15, 0.2) is 0 Å². The maximum absolute atomic E-state index is 6.03. The van der Waals surface area contributed by atoms with Crippen LogP contribution in [0.25, 0.3) is 0 Å². The van der Waals surface area contributed by atoms with Crippen molar-refractivity contribution in [3.8, 4) is 0 Å². The van der Waals surface area contributed by atoms with Gasteiger partial charge in [0.1, 0.15) is 0 Å². The van der Waals surface area contributed by atoms with E-state index in [1.165, 1.54) is 191 Å². The lowest BCUT2D eigenvalue weighted by atomic mass is 9.89. The Bertz CT molecular complexity index is 482. The van der Waals surface area contributed by atoms with Crippen molar-refractivity contribution in [3.05, 3.63) is 0 Å². The molecule has 4 unspecified atom stereocenters. The summed E-state index contributed by atoms with van der Waals surface area (Å²) in [6.07, 6.45) is 40.7. The van der Waals surface area contributed by atoms with Crippen LogP contribution in [0, 0.1) is 11.8 Å². The Balaban J connectivity index is 1.25. The third-order valence-corrected chi connectivity index (χ3v) is 11.2. The second-order valence-electron chi connectivity index (χ2n) is 13.8. The second kappa shape index (κ2) is 27.8. The molecule has 2 rings (SSSR count). The molecule has 41 heavy (non-hydrogen) atoms. The minimum atomic E-state index is 0.593. The smallest absolute Gasteiger partial charge is 0.0604 e. The molecule has 2 saturated heterocycles. The van der Waals surface area contributed by atoms with Crippen LogP contribution in [0.4, 0.5) is 0 Å². The van der Waals surface area contributed by atoms with E-state index in [1.54, 1.807) is 0 Å². The molecule has 0 aromatic heterocycles. The van der Waals surface area contributed by atoms with E-state index < -0.39 is 0 Å². The molecule has 2 aliphatic rings. The zero-order valence-corrected chi connectivity index (χ0v) is 29.0. The van der Waals surface area contributed by atoms with Crippen LogP contribution >= 0.6 is 11.8 Å². The lowest BCUT2D eigenvalue weighted by Crippen LogP contribution is -2.19. The first-order valence-corrected chi connectivity index (χ1v) is 20.3. The predicted molar refractivity (Wildman–Crippen MR) is 184 cm³/mol. The van der Waals surface area contributed by atoms with Crippen molar-refractivity contribution in [2.24, 2.45) is 11.8 Å². The van der Waals surface area contributed by atoms with Gasteiger partial charge in [0.05, 0.1) is 12.2 Å². The van der Waals surface area contributed by atoms with Gasteiger partial charge >= 0.3 is 0 Å². The van der Waals surface area contributed by atoms with Crippen LogP contribution < -0.4 is 0 Å². The van der Waals surface area contributed by atoms with Crippen LogP contribution in [-0.2, 0) is 9.47 Å². The second-order valence-corrected chi connectivity index (χ2v) is 15.0. The molecule has 0 spiro atoms. The SMILES string of the molecule is CCCCC(CCCCCCCCCCSCCCCCCCCCCC(CCCC)C1CCCO1)C1CCCO1.